The molecule has 0 amide bonds. The van der Waals surface area contributed by atoms with Crippen LogP contribution in [-0.4, -0.2) is 13.6 Å². The van der Waals surface area contributed by atoms with Gasteiger partial charge < -0.3 is 10.3 Å². The summed E-state index contributed by atoms with van der Waals surface area (Å²) in [6.45, 7) is 1.57. The molecule has 2 rings (SSSR count). The molecule has 20 heavy (non-hydrogen) atoms. The number of nitrogens with zero attached hydrogens (tertiary/aromatic N) is 1. The van der Waals surface area contributed by atoms with Gasteiger partial charge in [0.2, 0.25) is 10.0 Å². The molecule has 0 atom stereocenters. The fraction of sp³-hybridized carbons (Fsp3) is 0.182. The number of benzene rings is 1. The summed E-state index contributed by atoms with van der Waals surface area (Å²) in [6, 6.07) is 3.92. The Hall–Kier alpha value is -1.45. The smallest absolute Gasteiger partial charge is 0.243 e. The Morgan fingerprint density at radius 2 is 2.15 bits per heavy atom. The molecule has 0 radical (unpaired) electrons. The van der Waals surface area contributed by atoms with E-state index in [-0.39, 0.29) is 16.7 Å². The number of sulfonamides is 1. The molecule has 3 N–H and O–H groups in total. The zero-order valence-electron chi connectivity index (χ0n) is 10.4. The highest BCUT2D eigenvalue weighted by atomic mass is 79.9. The molecule has 0 bridgehead atoms. The van der Waals surface area contributed by atoms with E-state index in [0.29, 0.717) is 11.5 Å². The Morgan fingerprint density at radius 3 is 2.75 bits per heavy atom. The van der Waals surface area contributed by atoms with Crippen LogP contribution in [0.4, 0.5) is 10.1 Å². The second-order valence-electron chi connectivity index (χ2n) is 4.07. The first-order chi connectivity index (χ1) is 9.29. The van der Waals surface area contributed by atoms with Crippen molar-refractivity contribution in [1.29, 1.82) is 0 Å². The van der Waals surface area contributed by atoms with E-state index in [9.17, 15) is 12.8 Å². The lowest BCUT2D eigenvalue weighted by Gasteiger charge is -2.08. The Labute approximate surface area is 123 Å². The normalized spacial score (nSPS) is 11.8. The largest absolute Gasteiger partial charge is 0.399 e. The minimum atomic E-state index is -4.04. The van der Waals surface area contributed by atoms with Gasteiger partial charge in [-0.3, -0.25) is 0 Å². The molecule has 9 heteroatoms. The van der Waals surface area contributed by atoms with Gasteiger partial charge in [-0.1, -0.05) is 5.16 Å². The van der Waals surface area contributed by atoms with Gasteiger partial charge in [-0.25, -0.2) is 17.5 Å². The van der Waals surface area contributed by atoms with Crippen LogP contribution in [0, 0.1) is 12.7 Å². The first kappa shape index (κ1) is 14.9. The number of hydrogen-bond acceptors (Lipinski definition) is 5. The fourth-order valence-electron chi connectivity index (χ4n) is 1.53. The Kier molecular flexibility index (Phi) is 4.11. The molecule has 108 valence electrons. The Balaban J connectivity index is 2.27. The van der Waals surface area contributed by atoms with Crippen LogP contribution in [0.25, 0.3) is 0 Å². The second kappa shape index (κ2) is 5.51. The first-order valence-corrected chi connectivity index (χ1v) is 7.73. The van der Waals surface area contributed by atoms with E-state index in [0.717, 1.165) is 6.07 Å². The maximum absolute atomic E-state index is 13.9. The van der Waals surface area contributed by atoms with Gasteiger partial charge >= 0.3 is 0 Å². The summed E-state index contributed by atoms with van der Waals surface area (Å²) in [5.41, 5.74) is 6.05. The minimum absolute atomic E-state index is 0.0184. The highest BCUT2D eigenvalue weighted by Gasteiger charge is 2.22. The first-order valence-electron chi connectivity index (χ1n) is 5.46. The van der Waals surface area contributed by atoms with Crippen LogP contribution in [0.1, 0.15) is 11.5 Å². The third kappa shape index (κ3) is 3.17. The molecular weight excluding hydrogens is 353 g/mol. The zero-order valence-corrected chi connectivity index (χ0v) is 12.8. The third-order valence-corrected chi connectivity index (χ3v) is 4.40. The summed E-state index contributed by atoms with van der Waals surface area (Å²) in [6.07, 6.45) is 0. The van der Waals surface area contributed by atoms with E-state index < -0.39 is 20.7 Å². The van der Waals surface area contributed by atoms with Crippen LogP contribution < -0.4 is 10.5 Å². The van der Waals surface area contributed by atoms with Crippen molar-refractivity contribution in [3.8, 4) is 0 Å². The van der Waals surface area contributed by atoms with Gasteiger partial charge in [0.15, 0.2) is 5.82 Å². The molecule has 2 aromatic rings. The van der Waals surface area contributed by atoms with Crippen molar-refractivity contribution in [1.82, 2.24) is 9.88 Å². The molecule has 6 nitrogen and oxygen atoms in total. The van der Waals surface area contributed by atoms with Gasteiger partial charge in [0.1, 0.15) is 10.7 Å². The average Bonchev–Trinajstić information content (AvgIpc) is 2.77. The molecule has 0 saturated heterocycles. The maximum atomic E-state index is 13.9. The monoisotopic (exact) mass is 363 g/mol. The number of nitrogens with one attached hydrogen (secondary N) is 1. The summed E-state index contributed by atoms with van der Waals surface area (Å²) >= 11 is 2.91. The number of aryl methyl sites for hydroxylation is 1. The number of aromatic nitrogens is 1. The van der Waals surface area contributed by atoms with E-state index in [1.54, 1.807) is 13.0 Å². The van der Waals surface area contributed by atoms with Crippen LogP contribution in [0.3, 0.4) is 0 Å². The summed E-state index contributed by atoms with van der Waals surface area (Å²) in [7, 11) is -4.04. The van der Waals surface area contributed by atoms with E-state index in [1.165, 1.54) is 6.07 Å². The molecule has 0 aliphatic carbocycles. The summed E-state index contributed by atoms with van der Waals surface area (Å²) in [5, 5.41) is 3.64. The number of hydrogen-bond donors (Lipinski definition) is 2. The van der Waals surface area contributed by atoms with Crippen LogP contribution in [0.5, 0.6) is 0 Å². The molecular formula is C11H11BrFN3O3S. The fourth-order valence-corrected chi connectivity index (χ4v) is 3.27. The quantitative estimate of drug-likeness (QED) is 0.808. The molecule has 1 aromatic heterocycles. The minimum Gasteiger partial charge on any atom is -0.399 e. The van der Waals surface area contributed by atoms with E-state index in [4.69, 9.17) is 10.3 Å². The van der Waals surface area contributed by atoms with Gasteiger partial charge in [-0.2, -0.15) is 0 Å². The highest BCUT2D eigenvalue weighted by Crippen LogP contribution is 2.26. The van der Waals surface area contributed by atoms with Crippen molar-refractivity contribution >= 4 is 31.6 Å². The average molecular weight is 364 g/mol. The maximum Gasteiger partial charge on any atom is 0.243 e. The molecule has 0 aliphatic rings. The molecule has 0 unspecified atom stereocenters. The molecule has 1 aromatic carbocycles. The predicted octanol–water partition coefficient (Wildman–Crippen LogP) is 1.95. The van der Waals surface area contributed by atoms with Gasteiger partial charge in [0, 0.05) is 11.8 Å². The van der Waals surface area contributed by atoms with Crippen molar-refractivity contribution < 1.29 is 17.3 Å². The van der Waals surface area contributed by atoms with Crippen molar-refractivity contribution in [3.05, 3.63) is 39.9 Å². The van der Waals surface area contributed by atoms with Crippen LogP contribution >= 0.6 is 15.9 Å². The zero-order chi connectivity index (χ0) is 14.9. The summed E-state index contributed by atoms with van der Waals surface area (Å²) in [5.74, 6) is -0.347. The highest BCUT2D eigenvalue weighted by molar-refractivity contribution is 9.10. The van der Waals surface area contributed by atoms with Crippen LogP contribution in [-0.2, 0) is 16.6 Å². The van der Waals surface area contributed by atoms with Gasteiger partial charge in [-0.05, 0) is 35.0 Å². The molecule has 0 aliphatic heterocycles. The number of nitrogens with two attached hydrogens (primary N) is 1. The van der Waals surface area contributed by atoms with Crippen molar-refractivity contribution in [3.63, 3.8) is 0 Å². The van der Waals surface area contributed by atoms with Crippen LogP contribution in [0.2, 0.25) is 0 Å². The van der Waals surface area contributed by atoms with Gasteiger partial charge in [-0.15, -0.1) is 0 Å². The Bertz CT molecular complexity index is 745. The number of rotatable bonds is 4. The Morgan fingerprint density at radius 1 is 1.45 bits per heavy atom. The lowest BCUT2D eigenvalue weighted by Crippen LogP contribution is -2.24. The topological polar surface area (TPSA) is 98.2 Å². The molecule has 0 spiro atoms. The summed E-state index contributed by atoms with van der Waals surface area (Å²) in [4.78, 5) is -0.524. The standard InChI is InChI=1S/C11H11BrFN3O3S/c1-6-2-8(16-19-6)5-15-20(17,18)10-4-7(14)3-9(12)11(10)13/h2-4,15H,5,14H2,1H3. The van der Waals surface area contributed by atoms with E-state index >= 15 is 0 Å². The molecule has 0 fully saturated rings. The number of halogens is 2. The van der Waals surface area contributed by atoms with Gasteiger partial charge in [0.05, 0.1) is 16.7 Å². The van der Waals surface area contributed by atoms with Crippen molar-refractivity contribution in [2.24, 2.45) is 0 Å². The van der Waals surface area contributed by atoms with Crippen molar-refractivity contribution in [2.75, 3.05) is 5.73 Å². The van der Waals surface area contributed by atoms with E-state index in [2.05, 4.69) is 25.8 Å². The second-order valence-corrected chi connectivity index (χ2v) is 6.66. The third-order valence-electron chi connectivity index (χ3n) is 2.43. The summed E-state index contributed by atoms with van der Waals surface area (Å²) < 4.78 is 45.0. The lowest BCUT2D eigenvalue weighted by atomic mass is 10.3. The predicted molar refractivity (Wildman–Crippen MR) is 73.8 cm³/mol. The molecule has 0 saturated carbocycles. The lowest BCUT2D eigenvalue weighted by molar-refractivity contribution is 0.390. The molecule has 1 heterocycles. The van der Waals surface area contributed by atoms with E-state index in [1.807, 2.05) is 0 Å². The van der Waals surface area contributed by atoms with Gasteiger partial charge in [0.25, 0.3) is 0 Å². The van der Waals surface area contributed by atoms with Crippen molar-refractivity contribution in [2.45, 2.75) is 18.4 Å². The number of anilines is 1. The SMILES string of the molecule is Cc1cc(CNS(=O)(=O)c2cc(N)cc(Br)c2F)no1. The van der Waals surface area contributed by atoms with Crippen LogP contribution in [0.15, 0.2) is 32.1 Å². The number of nitrogen functional groups attached to an aromatic ring is 1.